The maximum Gasteiger partial charge on any atom is 0.412 e. The van der Waals surface area contributed by atoms with Crippen LogP contribution < -0.4 is 14.7 Å². The van der Waals surface area contributed by atoms with Gasteiger partial charge in [-0.15, -0.1) is 0 Å². The van der Waals surface area contributed by atoms with E-state index in [9.17, 15) is 18.0 Å². The van der Waals surface area contributed by atoms with E-state index in [-0.39, 0.29) is 11.3 Å². The molecule has 6 nitrogen and oxygen atoms in total. The Bertz CT molecular complexity index is 1140. The van der Waals surface area contributed by atoms with Gasteiger partial charge in [0.25, 0.3) is 11.7 Å². The Morgan fingerprint density at radius 1 is 1.17 bits per heavy atom. The zero-order valence-corrected chi connectivity index (χ0v) is 14.9. The van der Waals surface area contributed by atoms with Crippen molar-refractivity contribution >= 4 is 11.4 Å². The van der Waals surface area contributed by atoms with E-state index in [4.69, 9.17) is 0 Å². The number of aromatic nitrogens is 4. The second-order valence-corrected chi connectivity index (χ2v) is 6.33. The number of nitrogens with zero attached hydrogens (tertiary/aromatic N) is 2. The number of imidazole rings is 1. The van der Waals surface area contributed by atoms with Crippen LogP contribution in [0.4, 0.5) is 13.2 Å². The van der Waals surface area contributed by atoms with E-state index >= 15 is 0 Å². The smallest absolute Gasteiger partial charge is 0.333 e. The highest BCUT2D eigenvalue weighted by atomic mass is 19.4. The Morgan fingerprint density at radius 2 is 2.03 bits per heavy atom. The van der Waals surface area contributed by atoms with Gasteiger partial charge in [-0.2, -0.15) is 17.6 Å². The average Bonchev–Trinajstić information content (AvgIpc) is 3.12. The van der Waals surface area contributed by atoms with Gasteiger partial charge in [0.1, 0.15) is 5.56 Å². The Morgan fingerprint density at radius 3 is 2.72 bits per heavy atom. The molecule has 146 valence electrons. The predicted molar refractivity (Wildman–Crippen MR) is 96.4 cm³/mol. The van der Waals surface area contributed by atoms with E-state index in [1.54, 1.807) is 47.3 Å². The summed E-state index contributed by atoms with van der Waals surface area (Å²) in [7, 11) is 0. The number of hydrogen-bond donors (Lipinski definition) is 2. The second-order valence-electron chi connectivity index (χ2n) is 6.33. The quantitative estimate of drug-likeness (QED) is 0.518. The number of carbonyl (C=O) groups excluding carboxylic acids is 1. The van der Waals surface area contributed by atoms with Gasteiger partial charge in [0, 0.05) is 24.0 Å². The summed E-state index contributed by atoms with van der Waals surface area (Å²) in [6, 6.07) is 9.24. The molecule has 0 aliphatic carbocycles. The molecule has 1 atom stereocenters. The molecule has 0 aromatic carbocycles. The standard InChI is InChI=1S/C20H14F3N5O/c21-20(22,23)17(13-5-3-8-24-11-13)27-19(29)16-15-7-1-2-10-28(15)18(26-16)14-6-4-9-25-12-14/h1-12,17H,(H,27,29)/p+2. The molecule has 0 saturated heterocycles. The van der Waals surface area contributed by atoms with Gasteiger partial charge in [0.15, 0.2) is 24.0 Å². The van der Waals surface area contributed by atoms with Crippen molar-refractivity contribution < 1.29 is 27.4 Å². The average molecular weight is 399 g/mol. The number of amides is 1. The molecule has 9 heteroatoms. The van der Waals surface area contributed by atoms with Gasteiger partial charge < -0.3 is 5.32 Å². The third kappa shape index (κ3) is 3.66. The lowest BCUT2D eigenvalue weighted by Gasteiger charge is -2.20. The topological polar surface area (TPSA) is 76.0 Å². The highest BCUT2D eigenvalue weighted by Gasteiger charge is 2.43. The SMILES string of the molecule is O=C(NC(c1cccnc1)C(F)(F)F)c1[nH]c(-c2ccc[nH+]c2)[n+]2ccccc12. The molecule has 0 saturated carbocycles. The fourth-order valence-electron chi connectivity index (χ4n) is 3.11. The number of rotatable bonds is 4. The molecule has 0 bridgehead atoms. The predicted octanol–water partition coefficient (Wildman–Crippen LogP) is 2.66. The lowest BCUT2D eigenvalue weighted by Crippen LogP contribution is -2.38. The van der Waals surface area contributed by atoms with Crippen LogP contribution in [0.1, 0.15) is 22.1 Å². The van der Waals surface area contributed by atoms with Crippen LogP contribution in [-0.2, 0) is 0 Å². The van der Waals surface area contributed by atoms with Crippen LogP contribution in [0.2, 0.25) is 0 Å². The molecular formula is C20H16F3N5O+2. The van der Waals surface area contributed by atoms with E-state index in [2.05, 4.69) is 20.3 Å². The van der Waals surface area contributed by atoms with Crippen molar-refractivity contribution in [1.29, 1.82) is 0 Å². The molecule has 1 amide bonds. The number of hydrogen-bond acceptors (Lipinski definition) is 2. The third-order valence-corrected chi connectivity index (χ3v) is 4.43. The maximum atomic E-state index is 13.6. The monoisotopic (exact) mass is 399 g/mol. The Balaban J connectivity index is 1.76. The van der Waals surface area contributed by atoms with Crippen LogP contribution in [0.5, 0.6) is 0 Å². The third-order valence-electron chi connectivity index (χ3n) is 4.43. The molecule has 3 N–H and O–H groups in total. The summed E-state index contributed by atoms with van der Waals surface area (Å²) in [5.74, 6) is -0.307. The van der Waals surface area contributed by atoms with Gasteiger partial charge in [0.05, 0.1) is 6.20 Å². The number of pyridine rings is 3. The van der Waals surface area contributed by atoms with Crippen molar-refractivity contribution in [3.05, 3.63) is 84.7 Å². The minimum atomic E-state index is -4.68. The fourth-order valence-corrected chi connectivity index (χ4v) is 3.11. The first-order chi connectivity index (χ1) is 13.9. The first kappa shape index (κ1) is 18.6. The minimum Gasteiger partial charge on any atom is -0.333 e. The molecule has 4 aromatic heterocycles. The van der Waals surface area contributed by atoms with Gasteiger partial charge in [-0.05, 0) is 24.3 Å². The molecule has 4 heterocycles. The summed E-state index contributed by atoms with van der Waals surface area (Å²) in [4.78, 5) is 22.5. The normalized spacial score (nSPS) is 12.7. The zero-order chi connectivity index (χ0) is 20.4. The number of carbonyl (C=O) groups is 1. The van der Waals surface area contributed by atoms with Crippen molar-refractivity contribution in [2.45, 2.75) is 12.2 Å². The van der Waals surface area contributed by atoms with E-state index in [0.29, 0.717) is 11.3 Å². The lowest BCUT2D eigenvalue weighted by atomic mass is 10.1. The molecule has 0 aliphatic rings. The zero-order valence-electron chi connectivity index (χ0n) is 14.9. The van der Waals surface area contributed by atoms with Crippen LogP contribution in [0.15, 0.2) is 73.4 Å². The molecule has 0 aliphatic heterocycles. The molecule has 1 unspecified atom stereocenters. The van der Waals surface area contributed by atoms with E-state index in [0.717, 1.165) is 11.8 Å². The minimum absolute atomic E-state index is 0.0302. The number of aromatic amines is 2. The molecule has 4 rings (SSSR count). The van der Waals surface area contributed by atoms with Crippen molar-refractivity contribution in [2.75, 3.05) is 0 Å². The molecule has 4 aromatic rings. The van der Waals surface area contributed by atoms with Crippen LogP contribution in [-0.4, -0.2) is 22.1 Å². The summed E-state index contributed by atoms with van der Waals surface area (Å²) in [5.41, 5.74) is 1.08. The number of alkyl halides is 3. The van der Waals surface area contributed by atoms with Crippen molar-refractivity contribution in [3.8, 4) is 11.4 Å². The number of fused-ring (bicyclic) bond motifs is 1. The van der Waals surface area contributed by atoms with E-state index < -0.39 is 18.1 Å². The van der Waals surface area contributed by atoms with Gasteiger partial charge in [0.2, 0.25) is 5.69 Å². The van der Waals surface area contributed by atoms with Crippen LogP contribution in [0, 0.1) is 0 Å². The Hall–Kier alpha value is -3.75. The van der Waals surface area contributed by atoms with E-state index in [1.807, 2.05) is 6.07 Å². The summed E-state index contributed by atoms with van der Waals surface area (Å²) in [6.07, 6.45) is 2.97. The highest BCUT2D eigenvalue weighted by molar-refractivity contribution is 5.98. The maximum absolute atomic E-state index is 13.6. The Kier molecular flexibility index (Phi) is 4.71. The first-order valence-electron chi connectivity index (χ1n) is 8.71. The van der Waals surface area contributed by atoms with E-state index in [1.165, 1.54) is 18.3 Å². The first-order valence-corrected chi connectivity index (χ1v) is 8.71. The van der Waals surface area contributed by atoms with Crippen molar-refractivity contribution in [2.24, 2.45) is 0 Å². The number of H-pyrrole nitrogens is 2. The molecule has 29 heavy (non-hydrogen) atoms. The largest absolute Gasteiger partial charge is 0.412 e. The van der Waals surface area contributed by atoms with Crippen molar-refractivity contribution in [1.82, 2.24) is 15.3 Å². The van der Waals surface area contributed by atoms with Crippen LogP contribution in [0.25, 0.3) is 16.9 Å². The Labute approximate surface area is 163 Å². The van der Waals surface area contributed by atoms with Gasteiger partial charge >= 0.3 is 6.18 Å². The molecule has 0 radical (unpaired) electrons. The molecular weight excluding hydrogens is 383 g/mol. The van der Waals surface area contributed by atoms with Gasteiger partial charge in [-0.3, -0.25) is 9.78 Å². The summed E-state index contributed by atoms with van der Waals surface area (Å²) in [5, 5.41) is 2.09. The highest BCUT2D eigenvalue weighted by Crippen LogP contribution is 2.32. The molecule has 0 spiro atoms. The number of nitrogens with one attached hydrogen (secondary N) is 3. The summed E-state index contributed by atoms with van der Waals surface area (Å²) >= 11 is 0. The van der Waals surface area contributed by atoms with Gasteiger partial charge in [-0.1, -0.05) is 12.1 Å². The number of halogens is 3. The van der Waals surface area contributed by atoms with Crippen molar-refractivity contribution in [3.63, 3.8) is 0 Å². The molecule has 0 fully saturated rings. The lowest BCUT2D eigenvalue weighted by molar-refractivity contribution is -0.499. The van der Waals surface area contributed by atoms with Crippen LogP contribution >= 0.6 is 0 Å². The summed E-state index contributed by atoms with van der Waals surface area (Å²) in [6.45, 7) is 0. The van der Waals surface area contributed by atoms with Crippen LogP contribution in [0.3, 0.4) is 0 Å². The second kappa shape index (κ2) is 7.34. The fraction of sp³-hybridized carbons (Fsp3) is 0.100. The summed E-state index contributed by atoms with van der Waals surface area (Å²) < 4.78 is 42.5. The van der Waals surface area contributed by atoms with Gasteiger partial charge in [-0.25, -0.2) is 9.97 Å².